The van der Waals surface area contributed by atoms with Crippen molar-refractivity contribution in [1.82, 2.24) is 15.5 Å². The Labute approximate surface area is 203 Å². The zero-order valence-electron chi connectivity index (χ0n) is 19.6. The summed E-state index contributed by atoms with van der Waals surface area (Å²) in [5.74, 6) is 2.82. The highest BCUT2D eigenvalue weighted by atomic mass is 16.5. The Morgan fingerprint density at radius 3 is 2.20 bits per heavy atom. The molecule has 0 bridgehead atoms. The van der Waals surface area contributed by atoms with Gasteiger partial charge in [-0.1, -0.05) is 18.2 Å². The first-order valence-electron chi connectivity index (χ1n) is 10.8. The minimum Gasteiger partial charge on any atom is -0.497 e. The summed E-state index contributed by atoms with van der Waals surface area (Å²) in [4.78, 5) is 12.6. The number of rotatable bonds is 9. The molecule has 0 saturated heterocycles. The standard InChI is InChI=1S/C27H25N3O5/c1-32-21-5-4-6-23(15-21)35-26-14-13-24(29-30-26)18-7-9-19(10-8-18)27(31)28-17-20-11-12-22(33-2)16-25(20)34-3/h4-16H,17H2,1-3H3,(H,28,31). The maximum absolute atomic E-state index is 12.6. The number of nitrogens with one attached hydrogen (secondary N) is 1. The van der Waals surface area contributed by atoms with Gasteiger partial charge in [-0.3, -0.25) is 4.79 Å². The van der Waals surface area contributed by atoms with Gasteiger partial charge < -0.3 is 24.3 Å². The van der Waals surface area contributed by atoms with E-state index in [9.17, 15) is 4.79 Å². The Morgan fingerprint density at radius 1 is 0.771 bits per heavy atom. The lowest BCUT2D eigenvalue weighted by Crippen LogP contribution is -2.23. The molecule has 1 N–H and O–H groups in total. The van der Waals surface area contributed by atoms with Crippen molar-refractivity contribution in [3.8, 4) is 40.1 Å². The third-order valence-corrected chi connectivity index (χ3v) is 5.28. The average molecular weight is 472 g/mol. The molecular weight excluding hydrogens is 446 g/mol. The quantitative estimate of drug-likeness (QED) is 0.372. The Kier molecular flexibility index (Phi) is 7.42. The van der Waals surface area contributed by atoms with Crippen LogP contribution in [0, 0.1) is 0 Å². The van der Waals surface area contributed by atoms with Crippen LogP contribution in [0.25, 0.3) is 11.3 Å². The normalized spacial score (nSPS) is 10.4. The van der Waals surface area contributed by atoms with E-state index in [4.69, 9.17) is 18.9 Å². The van der Waals surface area contributed by atoms with Crippen LogP contribution in [-0.4, -0.2) is 37.4 Å². The van der Waals surface area contributed by atoms with Gasteiger partial charge in [0.15, 0.2) is 0 Å². The van der Waals surface area contributed by atoms with Gasteiger partial charge in [-0.25, -0.2) is 0 Å². The van der Waals surface area contributed by atoms with Gasteiger partial charge in [0.25, 0.3) is 5.91 Å². The lowest BCUT2D eigenvalue weighted by atomic mass is 10.1. The zero-order chi connectivity index (χ0) is 24.6. The molecule has 0 aliphatic rings. The van der Waals surface area contributed by atoms with Crippen LogP contribution in [0.5, 0.6) is 28.9 Å². The molecule has 1 aromatic heterocycles. The Balaban J connectivity index is 1.38. The number of nitrogens with zero attached hydrogens (tertiary/aromatic N) is 2. The SMILES string of the molecule is COc1cccc(Oc2ccc(-c3ccc(C(=O)NCc4ccc(OC)cc4OC)cc3)nn2)c1. The maximum Gasteiger partial charge on any atom is 0.251 e. The molecule has 3 aromatic carbocycles. The highest BCUT2D eigenvalue weighted by Crippen LogP contribution is 2.26. The van der Waals surface area contributed by atoms with Crippen LogP contribution < -0.4 is 24.3 Å². The van der Waals surface area contributed by atoms with E-state index in [1.54, 1.807) is 51.7 Å². The van der Waals surface area contributed by atoms with Gasteiger partial charge in [0.2, 0.25) is 5.88 Å². The fraction of sp³-hybridized carbons (Fsp3) is 0.148. The Bertz CT molecular complexity index is 1290. The van der Waals surface area contributed by atoms with Crippen molar-refractivity contribution in [3.05, 3.63) is 90.0 Å². The fourth-order valence-corrected chi connectivity index (χ4v) is 3.38. The predicted molar refractivity (Wildman–Crippen MR) is 131 cm³/mol. The number of amides is 1. The maximum atomic E-state index is 12.6. The zero-order valence-corrected chi connectivity index (χ0v) is 19.6. The number of aromatic nitrogens is 2. The second kappa shape index (κ2) is 11.0. The van der Waals surface area contributed by atoms with Gasteiger partial charge in [0.05, 0.1) is 27.0 Å². The number of hydrogen-bond acceptors (Lipinski definition) is 7. The summed E-state index contributed by atoms with van der Waals surface area (Å²) in [6, 6.07) is 23.4. The number of benzene rings is 3. The first-order chi connectivity index (χ1) is 17.1. The van der Waals surface area contributed by atoms with Crippen LogP contribution in [-0.2, 0) is 6.54 Å². The average Bonchev–Trinajstić information content (AvgIpc) is 2.92. The molecule has 178 valence electrons. The van der Waals surface area contributed by atoms with Gasteiger partial charge in [0.1, 0.15) is 23.0 Å². The molecule has 0 aliphatic heterocycles. The van der Waals surface area contributed by atoms with E-state index in [2.05, 4.69) is 15.5 Å². The van der Waals surface area contributed by atoms with E-state index in [0.717, 1.165) is 11.1 Å². The highest BCUT2D eigenvalue weighted by molar-refractivity contribution is 5.94. The Hall–Kier alpha value is -4.59. The molecule has 1 amide bonds. The third kappa shape index (κ3) is 5.86. The van der Waals surface area contributed by atoms with E-state index in [1.807, 2.05) is 48.5 Å². The van der Waals surface area contributed by atoms with Gasteiger partial charge in [0, 0.05) is 41.4 Å². The monoisotopic (exact) mass is 471 g/mol. The summed E-state index contributed by atoms with van der Waals surface area (Å²) in [6.45, 7) is 0.327. The van der Waals surface area contributed by atoms with Crippen molar-refractivity contribution < 1.29 is 23.7 Å². The first-order valence-corrected chi connectivity index (χ1v) is 10.8. The summed E-state index contributed by atoms with van der Waals surface area (Å²) in [7, 11) is 4.77. The van der Waals surface area contributed by atoms with E-state index in [1.165, 1.54) is 0 Å². The largest absolute Gasteiger partial charge is 0.497 e. The molecule has 0 saturated carbocycles. The molecule has 0 spiro atoms. The summed E-state index contributed by atoms with van der Waals surface area (Å²) >= 11 is 0. The Morgan fingerprint density at radius 2 is 1.51 bits per heavy atom. The highest BCUT2D eigenvalue weighted by Gasteiger charge is 2.10. The molecular formula is C27H25N3O5. The lowest BCUT2D eigenvalue weighted by Gasteiger charge is -2.11. The molecule has 4 rings (SSSR count). The molecule has 0 fully saturated rings. The van der Waals surface area contributed by atoms with Crippen molar-refractivity contribution in [1.29, 1.82) is 0 Å². The van der Waals surface area contributed by atoms with Crippen LogP contribution in [0.1, 0.15) is 15.9 Å². The molecule has 35 heavy (non-hydrogen) atoms. The third-order valence-electron chi connectivity index (χ3n) is 5.28. The topological polar surface area (TPSA) is 91.8 Å². The predicted octanol–water partition coefficient (Wildman–Crippen LogP) is 4.89. The van der Waals surface area contributed by atoms with Gasteiger partial charge in [-0.05, 0) is 42.5 Å². The van der Waals surface area contributed by atoms with Crippen molar-refractivity contribution in [2.45, 2.75) is 6.54 Å². The second-order valence-electron chi connectivity index (χ2n) is 7.48. The van der Waals surface area contributed by atoms with E-state index < -0.39 is 0 Å². The molecule has 8 heteroatoms. The summed E-state index contributed by atoms with van der Waals surface area (Å²) in [5, 5.41) is 11.3. The number of carbonyl (C=O) groups excluding carboxylic acids is 1. The summed E-state index contributed by atoms with van der Waals surface area (Å²) < 4.78 is 21.5. The molecule has 0 atom stereocenters. The first kappa shape index (κ1) is 23.6. The lowest BCUT2D eigenvalue weighted by molar-refractivity contribution is 0.0950. The molecule has 1 heterocycles. The summed E-state index contributed by atoms with van der Waals surface area (Å²) in [6.07, 6.45) is 0. The van der Waals surface area contributed by atoms with E-state index in [0.29, 0.717) is 46.7 Å². The number of hydrogen-bond donors (Lipinski definition) is 1. The second-order valence-corrected chi connectivity index (χ2v) is 7.48. The number of carbonyl (C=O) groups is 1. The van der Waals surface area contributed by atoms with Crippen molar-refractivity contribution in [2.75, 3.05) is 21.3 Å². The van der Waals surface area contributed by atoms with Gasteiger partial charge in [-0.2, -0.15) is 0 Å². The van der Waals surface area contributed by atoms with Crippen LogP contribution in [0.2, 0.25) is 0 Å². The number of methoxy groups -OCH3 is 3. The van der Waals surface area contributed by atoms with Crippen LogP contribution in [0.3, 0.4) is 0 Å². The molecule has 0 aliphatic carbocycles. The van der Waals surface area contributed by atoms with Gasteiger partial charge >= 0.3 is 0 Å². The number of ether oxygens (including phenoxy) is 4. The van der Waals surface area contributed by atoms with E-state index in [-0.39, 0.29) is 5.91 Å². The minimum absolute atomic E-state index is 0.192. The van der Waals surface area contributed by atoms with Crippen molar-refractivity contribution >= 4 is 5.91 Å². The molecule has 0 radical (unpaired) electrons. The van der Waals surface area contributed by atoms with Crippen LogP contribution in [0.4, 0.5) is 0 Å². The van der Waals surface area contributed by atoms with Gasteiger partial charge in [-0.15, -0.1) is 10.2 Å². The fourth-order valence-electron chi connectivity index (χ4n) is 3.38. The van der Waals surface area contributed by atoms with E-state index >= 15 is 0 Å². The smallest absolute Gasteiger partial charge is 0.251 e. The minimum atomic E-state index is -0.192. The van der Waals surface area contributed by atoms with Crippen molar-refractivity contribution in [2.24, 2.45) is 0 Å². The molecule has 8 nitrogen and oxygen atoms in total. The molecule has 4 aromatic rings. The van der Waals surface area contributed by atoms with Crippen molar-refractivity contribution in [3.63, 3.8) is 0 Å². The van der Waals surface area contributed by atoms with Crippen LogP contribution >= 0.6 is 0 Å². The van der Waals surface area contributed by atoms with Crippen LogP contribution in [0.15, 0.2) is 78.9 Å². The molecule has 0 unspecified atom stereocenters. The summed E-state index contributed by atoms with van der Waals surface area (Å²) in [5.41, 5.74) is 2.88.